The second kappa shape index (κ2) is 5.42. The normalized spacial score (nSPS) is 14.0. The summed E-state index contributed by atoms with van der Waals surface area (Å²) in [7, 11) is 0. The summed E-state index contributed by atoms with van der Waals surface area (Å²) >= 11 is 1.24. The van der Waals surface area contributed by atoms with Crippen molar-refractivity contribution in [2.45, 2.75) is 19.3 Å². The van der Waals surface area contributed by atoms with E-state index in [-0.39, 0.29) is 23.8 Å². The van der Waals surface area contributed by atoms with Crippen LogP contribution in [-0.2, 0) is 16.0 Å². The number of amides is 2. The molecule has 4 N–H and O–H groups in total. The number of nitrogens with one attached hydrogen (secondary N) is 1. The van der Waals surface area contributed by atoms with E-state index in [1.54, 1.807) is 18.2 Å². The van der Waals surface area contributed by atoms with Crippen LogP contribution < -0.4 is 11.1 Å². The van der Waals surface area contributed by atoms with Gasteiger partial charge in [-0.25, -0.2) is 0 Å². The topological polar surface area (TPSA) is 109 Å². The highest BCUT2D eigenvalue weighted by Crippen LogP contribution is 2.38. The minimum atomic E-state index is -0.923. The highest BCUT2D eigenvalue weighted by atomic mass is 32.1. The molecule has 1 heterocycles. The molecular formula is C15H14N2O4S. The number of rotatable bonds is 5. The van der Waals surface area contributed by atoms with E-state index in [9.17, 15) is 14.4 Å². The SMILES string of the molecule is NC(=O)c1c(NC(=O)C2CC2)sc2cc(CC(=O)O)ccc12. The maximum atomic E-state index is 11.9. The van der Waals surface area contributed by atoms with Crippen molar-refractivity contribution in [3.63, 3.8) is 0 Å². The van der Waals surface area contributed by atoms with Gasteiger partial charge in [0.25, 0.3) is 5.91 Å². The number of carboxylic acids is 1. The third kappa shape index (κ3) is 2.80. The van der Waals surface area contributed by atoms with Gasteiger partial charge in [0.1, 0.15) is 5.00 Å². The zero-order valence-electron chi connectivity index (χ0n) is 11.6. The Morgan fingerprint density at radius 3 is 2.64 bits per heavy atom. The fourth-order valence-electron chi connectivity index (χ4n) is 2.32. The van der Waals surface area contributed by atoms with Gasteiger partial charge in [-0.05, 0) is 24.5 Å². The van der Waals surface area contributed by atoms with Gasteiger partial charge in [0.05, 0.1) is 12.0 Å². The summed E-state index contributed by atoms with van der Waals surface area (Å²) in [5, 5.41) is 12.7. The van der Waals surface area contributed by atoms with Crippen molar-refractivity contribution in [3.05, 3.63) is 29.3 Å². The Bertz CT molecular complexity index is 792. The molecule has 0 saturated heterocycles. The number of carbonyl (C=O) groups is 3. The molecule has 2 aromatic rings. The van der Waals surface area contributed by atoms with E-state index in [1.807, 2.05) is 0 Å². The average Bonchev–Trinajstić information content (AvgIpc) is 3.20. The molecule has 114 valence electrons. The molecular weight excluding hydrogens is 304 g/mol. The van der Waals surface area contributed by atoms with Crippen molar-refractivity contribution in [2.24, 2.45) is 11.7 Å². The molecule has 0 unspecified atom stereocenters. The molecule has 3 rings (SSSR count). The van der Waals surface area contributed by atoms with Crippen molar-refractivity contribution >= 4 is 44.2 Å². The molecule has 0 radical (unpaired) electrons. The highest BCUT2D eigenvalue weighted by molar-refractivity contribution is 7.23. The van der Waals surface area contributed by atoms with Crippen molar-refractivity contribution < 1.29 is 19.5 Å². The number of hydrogen-bond acceptors (Lipinski definition) is 4. The number of carbonyl (C=O) groups excluding carboxylic acids is 2. The Morgan fingerprint density at radius 1 is 1.32 bits per heavy atom. The van der Waals surface area contributed by atoms with E-state index in [0.29, 0.717) is 16.0 Å². The largest absolute Gasteiger partial charge is 0.481 e. The standard InChI is InChI=1S/C15H14N2O4S/c16-13(20)12-9-4-1-7(6-11(18)19)5-10(9)22-15(12)17-14(21)8-2-3-8/h1,4-5,8H,2-3,6H2,(H2,16,20)(H,17,21)(H,18,19). The summed E-state index contributed by atoms with van der Waals surface area (Å²) in [6, 6.07) is 5.05. The lowest BCUT2D eigenvalue weighted by Gasteiger charge is -2.03. The highest BCUT2D eigenvalue weighted by Gasteiger charge is 2.31. The van der Waals surface area contributed by atoms with Gasteiger partial charge in [-0.2, -0.15) is 0 Å². The van der Waals surface area contributed by atoms with E-state index in [4.69, 9.17) is 10.8 Å². The van der Waals surface area contributed by atoms with Crippen LogP contribution in [0, 0.1) is 5.92 Å². The zero-order valence-corrected chi connectivity index (χ0v) is 12.4. The van der Waals surface area contributed by atoms with Crippen LogP contribution in [-0.4, -0.2) is 22.9 Å². The number of nitrogens with two attached hydrogens (primary N) is 1. The summed E-state index contributed by atoms with van der Waals surface area (Å²) in [6.45, 7) is 0. The second-order valence-corrected chi connectivity index (χ2v) is 6.39. The first-order valence-electron chi connectivity index (χ1n) is 6.83. The van der Waals surface area contributed by atoms with Gasteiger partial charge in [0.15, 0.2) is 0 Å². The van der Waals surface area contributed by atoms with Gasteiger partial charge < -0.3 is 16.2 Å². The Balaban J connectivity index is 2.02. The maximum Gasteiger partial charge on any atom is 0.307 e. The molecule has 1 aliphatic rings. The molecule has 1 fully saturated rings. The van der Waals surface area contributed by atoms with Crippen LogP contribution in [0.2, 0.25) is 0 Å². The van der Waals surface area contributed by atoms with Crippen LogP contribution in [0.1, 0.15) is 28.8 Å². The van der Waals surface area contributed by atoms with Crippen LogP contribution in [0.25, 0.3) is 10.1 Å². The van der Waals surface area contributed by atoms with Gasteiger partial charge >= 0.3 is 5.97 Å². The molecule has 2 amide bonds. The van der Waals surface area contributed by atoms with E-state index in [2.05, 4.69) is 5.32 Å². The predicted molar refractivity (Wildman–Crippen MR) is 83.0 cm³/mol. The summed E-state index contributed by atoms with van der Waals surface area (Å²) < 4.78 is 0.735. The van der Waals surface area contributed by atoms with Crippen LogP contribution in [0.15, 0.2) is 18.2 Å². The van der Waals surface area contributed by atoms with Crippen molar-refractivity contribution in [1.82, 2.24) is 0 Å². The maximum absolute atomic E-state index is 11.9. The summed E-state index contributed by atoms with van der Waals surface area (Å²) in [5.41, 5.74) is 6.36. The van der Waals surface area contributed by atoms with Crippen molar-refractivity contribution in [3.8, 4) is 0 Å². The van der Waals surface area contributed by atoms with Gasteiger partial charge in [-0.3, -0.25) is 14.4 Å². The molecule has 1 aromatic heterocycles. The quantitative estimate of drug-likeness (QED) is 0.783. The lowest BCUT2D eigenvalue weighted by molar-refractivity contribution is -0.136. The molecule has 1 aromatic carbocycles. The third-order valence-corrected chi connectivity index (χ3v) is 4.61. The van der Waals surface area contributed by atoms with E-state index >= 15 is 0 Å². The smallest absolute Gasteiger partial charge is 0.307 e. The van der Waals surface area contributed by atoms with Gasteiger partial charge in [-0.15, -0.1) is 11.3 Å². The lowest BCUT2D eigenvalue weighted by atomic mass is 10.1. The van der Waals surface area contributed by atoms with E-state index in [1.165, 1.54) is 11.3 Å². The fraction of sp³-hybridized carbons (Fsp3) is 0.267. The van der Waals surface area contributed by atoms with Gasteiger partial charge in [-0.1, -0.05) is 12.1 Å². The molecule has 1 saturated carbocycles. The fourth-order valence-corrected chi connectivity index (χ4v) is 3.49. The summed E-state index contributed by atoms with van der Waals surface area (Å²) in [4.78, 5) is 34.4. The molecule has 0 atom stereocenters. The number of thiophene rings is 1. The summed E-state index contributed by atoms with van der Waals surface area (Å²) in [6.07, 6.45) is 1.64. The number of hydrogen-bond donors (Lipinski definition) is 3. The van der Waals surface area contributed by atoms with E-state index < -0.39 is 11.9 Å². The Morgan fingerprint density at radius 2 is 2.05 bits per heavy atom. The van der Waals surface area contributed by atoms with Crippen molar-refractivity contribution in [1.29, 1.82) is 0 Å². The zero-order chi connectivity index (χ0) is 15.9. The third-order valence-electron chi connectivity index (χ3n) is 3.54. The molecule has 6 nitrogen and oxygen atoms in total. The molecule has 0 aliphatic heterocycles. The Kier molecular flexibility index (Phi) is 3.58. The molecule has 22 heavy (non-hydrogen) atoms. The second-order valence-electron chi connectivity index (χ2n) is 5.33. The van der Waals surface area contributed by atoms with Gasteiger partial charge in [0, 0.05) is 16.0 Å². The summed E-state index contributed by atoms with van der Waals surface area (Å²) in [5.74, 6) is -1.61. The van der Waals surface area contributed by atoms with Crippen LogP contribution >= 0.6 is 11.3 Å². The lowest BCUT2D eigenvalue weighted by Crippen LogP contribution is -2.17. The number of benzene rings is 1. The molecule has 1 aliphatic carbocycles. The predicted octanol–water partition coefficient (Wildman–Crippen LogP) is 1.98. The minimum Gasteiger partial charge on any atom is -0.481 e. The number of aliphatic carboxylic acids is 1. The molecule has 7 heteroatoms. The number of anilines is 1. The Labute approximate surface area is 129 Å². The first-order chi connectivity index (χ1) is 10.5. The van der Waals surface area contributed by atoms with Crippen LogP contribution in [0.3, 0.4) is 0 Å². The number of carboxylic acid groups (broad SMARTS) is 1. The number of fused-ring (bicyclic) bond motifs is 1. The van der Waals surface area contributed by atoms with Gasteiger partial charge in [0.2, 0.25) is 5.91 Å². The molecule has 0 bridgehead atoms. The molecule has 0 spiro atoms. The average molecular weight is 318 g/mol. The number of primary amides is 1. The monoisotopic (exact) mass is 318 g/mol. The van der Waals surface area contributed by atoms with Crippen LogP contribution in [0.5, 0.6) is 0 Å². The van der Waals surface area contributed by atoms with E-state index in [0.717, 1.165) is 17.5 Å². The van der Waals surface area contributed by atoms with Crippen molar-refractivity contribution in [2.75, 3.05) is 5.32 Å². The minimum absolute atomic E-state index is 0.0218. The first-order valence-corrected chi connectivity index (χ1v) is 7.65. The van der Waals surface area contributed by atoms with Crippen LogP contribution in [0.4, 0.5) is 5.00 Å². The Hall–Kier alpha value is -2.41. The first kappa shape index (κ1) is 14.5.